The molecule has 0 bridgehead atoms. The predicted molar refractivity (Wildman–Crippen MR) is 72.3 cm³/mol. The second-order valence-electron chi connectivity index (χ2n) is 3.88. The average molecular weight is 272 g/mol. The van der Waals surface area contributed by atoms with Crippen LogP contribution in [0.3, 0.4) is 0 Å². The quantitative estimate of drug-likeness (QED) is 0.788. The van der Waals surface area contributed by atoms with Crippen molar-refractivity contribution in [2.45, 2.75) is 24.8 Å². The Kier molecular flexibility index (Phi) is 5.58. The molecule has 1 rings (SSSR count). The highest BCUT2D eigenvalue weighted by Gasteiger charge is 2.10. The molecule has 1 aromatic rings. The first-order valence-electron chi connectivity index (χ1n) is 5.88. The minimum absolute atomic E-state index is 0.121. The normalized spacial score (nSPS) is 13.3. The van der Waals surface area contributed by atoms with Crippen LogP contribution in [-0.2, 0) is 14.8 Å². The highest BCUT2D eigenvalue weighted by molar-refractivity contribution is 7.89. The molecule has 6 heteroatoms. The molecule has 0 saturated heterocycles. The zero-order valence-corrected chi connectivity index (χ0v) is 11.8. The molecule has 1 aromatic carbocycles. The molecule has 0 spiro atoms. The molecule has 102 valence electrons. The molecule has 0 radical (unpaired) electrons. The number of sulfonamides is 1. The molecule has 1 unspecified atom stereocenters. The Labute approximate surface area is 109 Å². The van der Waals surface area contributed by atoms with E-state index in [1.165, 1.54) is 7.05 Å². The second-order valence-corrected chi connectivity index (χ2v) is 5.77. The monoisotopic (exact) mass is 272 g/mol. The second kappa shape index (κ2) is 6.72. The van der Waals surface area contributed by atoms with Gasteiger partial charge in [-0.25, -0.2) is 13.1 Å². The summed E-state index contributed by atoms with van der Waals surface area (Å²) in [4.78, 5) is 0.258. The lowest BCUT2D eigenvalue weighted by molar-refractivity contribution is 0.0855. The molecule has 2 N–H and O–H groups in total. The van der Waals surface area contributed by atoms with Crippen LogP contribution in [0.15, 0.2) is 29.2 Å². The van der Waals surface area contributed by atoms with Crippen LogP contribution in [0.5, 0.6) is 0 Å². The minimum Gasteiger partial charge on any atom is -0.382 e. The molecule has 0 aliphatic heterocycles. The van der Waals surface area contributed by atoms with Gasteiger partial charge in [0.15, 0.2) is 0 Å². The van der Waals surface area contributed by atoms with Gasteiger partial charge in [0.2, 0.25) is 10.0 Å². The summed E-state index contributed by atoms with van der Waals surface area (Å²) in [5, 5.41) is 3.19. The first-order chi connectivity index (χ1) is 8.49. The fraction of sp³-hybridized carbons (Fsp3) is 0.500. The third-order valence-corrected chi connectivity index (χ3v) is 3.91. The highest BCUT2D eigenvalue weighted by atomic mass is 32.2. The smallest absolute Gasteiger partial charge is 0.240 e. The molecule has 0 aromatic heterocycles. The Bertz CT molecular complexity index is 457. The number of rotatable bonds is 7. The van der Waals surface area contributed by atoms with Crippen LogP contribution in [0.1, 0.15) is 13.8 Å². The van der Waals surface area contributed by atoms with Gasteiger partial charge in [0, 0.05) is 18.8 Å². The summed E-state index contributed by atoms with van der Waals surface area (Å²) in [6.45, 7) is 5.30. The van der Waals surface area contributed by atoms with Gasteiger partial charge in [0.25, 0.3) is 0 Å². The highest BCUT2D eigenvalue weighted by Crippen LogP contribution is 2.13. The zero-order valence-electron chi connectivity index (χ0n) is 10.9. The van der Waals surface area contributed by atoms with E-state index < -0.39 is 10.0 Å². The first kappa shape index (κ1) is 14.9. The number of hydrogen-bond acceptors (Lipinski definition) is 4. The Morgan fingerprint density at radius 2 is 1.89 bits per heavy atom. The Balaban J connectivity index is 2.61. The SMILES string of the molecule is CCOC(C)CNc1ccc(S(=O)(=O)NC)cc1. The number of anilines is 1. The Hall–Kier alpha value is -1.11. The number of hydrogen-bond donors (Lipinski definition) is 2. The van der Waals surface area contributed by atoms with Crippen molar-refractivity contribution < 1.29 is 13.2 Å². The molecule has 0 saturated carbocycles. The van der Waals surface area contributed by atoms with Gasteiger partial charge in [-0.1, -0.05) is 0 Å². The molecule has 1 atom stereocenters. The van der Waals surface area contributed by atoms with Crippen molar-refractivity contribution in [3.8, 4) is 0 Å². The van der Waals surface area contributed by atoms with Crippen molar-refractivity contribution >= 4 is 15.7 Å². The minimum atomic E-state index is -3.36. The van der Waals surface area contributed by atoms with E-state index in [1.54, 1.807) is 24.3 Å². The summed E-state index contributed by atoms with van der Waals surface area (Å²) in [5.41, 5.74) is 0.872. The van der Waals surface area contributed by atoms with Crippen LogP contribution in [0.4, 0.5) is 5.69 Å². The summed E-state index contributed by atoms with van der Waals surface area (Å²) < 4.78 is 30.7. The summed E-state index contributed by atoms with van der Waals surface area (Å²) in [7, 11) is -1.96. The fourth-order valence-electron chi connectivity index (χ4n) is 1.47. The number of nitrogens with one attached hydrogen (secondary N) is 2. The molecule has 0 fully saturated rings. The van der Waals surface area contributed by atoms with Crippen molar-refractivity contribution in [1.82, 2.24) is 4.72 Å². The maximum atomic E-state index is 11.5. The van der Waals surface area contributed by atoms with Gasteiger partial charge in [0.1, 0.15) is 0 Å². The third kappa shape index (κ3) is 4.29. The fourth-order valence-corrected chi connectivity index (χ4v) is 2.20. The van der Waals surface area contributed by atoms with Gasteiger partial charge in [-0.3, -0.25) is 0 Å². The predicted octanol–water partition coefficient (Wildman–Crippen LogP) is 1.43. The number of benzene rings is 1. The van der Waals surface area contributed by atoms with Crippen LogP contribution in [-0.4, -0.2) is 34.7 Å². The van der Waals surface area contributed by atoms with Crippen molar-refractivity contribution in [2.75, 3.05) is 25.5 Å². The van der Waals surface area contributed by atoms with E-state index in [9.17, 15) is 8.42 Å². The van der Waals surface area contributed by atoms with Crippen LogP contribution >= 0.6 is 0 Å². The van der Waals surface area contributed by atoms with Gasteiger partial charge in [-0.05, 0) is 45.2 Å². The van der Waals surface area contributed by atoms with Crippen molar-refractivity contribution in [1.29, 1.82) is 0 Å². The topological polar surface area (TPSA) is 67.4 Å². The lowest BCUT2D eigenvalue weighted by Gasteiger charge is -2.13. The van der Waals surface area contributed by atoms with Crippen LogP contribution in [0, 0.1) is 0 Å². The molecule has 18 heavy (non-hydrogen) atoms. The largest absolute Gasteiger partial charge is 0.382 e. The lowest BCUT2D eigenvalue weighted by atomic mass is 10.3. The molecular formula is C12H20N2O3S. The summed E-state index contributed by atoms with van der Waals surface area (Å²) >= 11 is 0. The first-order valence-corrected chi connectivity index (χ1v) is 7.37. The van der Waals surface area contributed by atoms with Crippen LogP contribution in [0.25, 0.3) is 0 Å². The Morgan fingerprint density at radius 1 is 1.28 bits per heavy atom. The van der Waals surface area contributed by atoms with Crippen molar-refractivity contribution in [3.05, 3.63) is 24.3 Å². The summed E-state index contributed by atoms with van der Waals surface area (Å²) in [6.07, 6.45) is 0.121. The van der Waals surface area contributed by atoms with Crippen molar-refractivity contribution in [3.63, 3.8) is 0 Å². The lowest BCUT2D eigenvalue weighted by Crippen LogP contribution is -2.20. The van der Waals surface area contributed by atoms with Gasteiger partial charge in [-0.15, -0.1) is 0 Å². The molecule has 5 nitrogen and oxygen atoms in total. The van der Waals surface area contributed by atoms with E-state index in [0.717, 1.165) is 5.69 Å². The Morgan fingerprint density at radius 3 is 2.39 bits per heavy atom. The van der Waals surface area contributed by atoms with E-state index in [1.807, 2.05) is 13.8 Å². The van der Waals surface area contributed by atoms with E-state index in [-0.39, 0.29) is 11.0 Å². The maximum absolute atomic E-state index is 11.5. The summed E-state index contributed by atoms with van der Waals surface area (Å²) in [5.74, 6) is 0. The zero-order chi connectivity index (χ0) is 13.6. The maximum Gasteiger partial charge on any atom is 0.240 e. The molecule has 0 heterocycles. The van der Waals surface area contributed by atoms with E-state index >= 15 is 0 Å². The van der Waals surface area contributed by atoms with E-state index in [0.29, 0.717) is 13.2 Å². The molecular weight excluding hydrogens is 252 g/mol. The van der Waals surface area contributed by atoms with Crippen LogP contribution < -0.4 is 10.0 Å². The number of ether oxygens (including phenoxy) is 1. The average Bonchev–Trinajstić information content (AvgIpc) is 2.37. The van der Waals surface area contributed by atoms with Gasteiger partial charge in [0.05, 0.1) is 11.0 Å². The van der Waals surface area contributed by atoms with Gasteiger partial charge in [-0.2, -0.15) is 0 Å². The summed E-state index contributed by atoms with van der Waals surface area (Å²) in [6, 6.07) is 6.62. The van der Waals surface area contributed by atoms with Crippen molar-refractivity contribution in [2.24, 2.45) is 0 Å². The van der Waals surface area contributed by atoms with E-state index in [4.69, 9.17) is 4.74 Å². The van der Waals surface area contributed by atoms with E-state index in [2.05, 4.69) is 10.0 Å². The standard InChI is InChI=1S/C12H20N2O3S/c1-4-17-10(2)9-14-11-5-7-12(8-6-11)18(15,16)13-3/h5-8,10,13-14H,4,9H2,1-3H3. The van der Waals surface area contributed by atoms with Gasteiger partial charge >= 0.3 is 0 Å². The third-order valence-electron chi connectivity index (χ3n) is 2.48. The van der Waals surface area contributed by atoms with Crippen LogP contribution in [0.2, 0.25) is 0 Å². The molecule has 0 aliphatic rings. The molecule has 0 aliphatic carbocycles. The molecule has 0 amide bonds. The van der Waals surface area contributed by atoms with Gasteiger partial charge < -0.3 is 10.1 Å².